The number of nitrogens with one attached hydrogen (secondary N) is 1. The van der Waals surface area contributed by atoms with Gasteiger partial charge in [-0.2, -0.15) is 0 Å². The van der Waals surface area contributed by atoms with Crippen LogP contribution in [0, 0.1) is 0 Å². The number of methoxy groups -OCH3 is 1. The molecule has 29 heavy (non-hydrogen) atoms. The number of hydrogen-bond acceptors (Lipinski definition) is 7. The number of amides is 2. The van der Waals surface area contributed by atoms with Gasteiger partial charge in [-0.25, -0.2) is 0 Å². The van der Waals surface area contributed by atoms with Gasteiger partial charge in [-0.15, -0.1) is 10.2 Å². The highest BCUT2D eigenvalue weighted by Crippen LogP contribution is 2.41. The average molecular weight is 416 g/mol. The molecule has 2 amide bonds. The second kappa shape index (κ2) is 8.86. The van der Waals surface area contributed by atoms with E-state index < -0.39 is 5.91 Å². The highest BCUT2D eigenvalue weighted by molar-refractivity contribution is 7.99. The van der Waals surface area contributed by atoms with Gasteiger partial charge in [-0.3, -0.25) is 19.5 Å². The van der Waals surface area contributed by atoms with Gasteiger partial charge in [-0.1, -0.05) is 11.8 Å². The molecule has 1 N–H and O–H groups in total. The largest absolute Gasteiger partial charge is 0.497 e. The molecule has 0 spiro atoms. The quantitative estimate of drug-likeness (QED) is 0.696. The number of hydrogen-bond donors (Lipinski definition) is 1. The summed E-state index contributed by atoms with van der Waals surface area (Å²) < 4.78 is 7.25. The van der Waals surface area contributed by atoms with Crippen LogP contribution in [-0.4, -0.2) is 52.5 Å². The molecule has 0 atom stereocenters. The fraction of sp³-hybridized carbons (Fsp3) is 0.500. The number of aromatic nitrogens is 3. The first-order valence-electron chi connectivity index (χ1n) is 9.96. The molecular weight excluding hydrogens is 390 g/mol. The minimum absolute atomic E-state index is 0.118. The Morgan fingerprint density at radius 3 is 2.52 bits per heavy atom. The summed E-state index contributed by atoms with van der Waals surface area (Å²) in [7, 11) is 1.56. The lowest BCUT2D eigenvalue weighted by atomic mass is 10.1. The smallest absolute Gasteiger partial charge is 0.257 e. The van der Waals surface area contributed by atoms with E-state index in [0.29, 0.717) is 17.4 Å². The SMILES string of the molecule is COc1ccc(C(=O)NC(=O)CSc2nnc(N3CCCCC3)n2C2CC2)cc1. The fourth-order valence-electron chi connectivity index (χ4n) is 3.44. The first kappa shape index (κ1) is 19.8. The minimum atomic E-state index is -0.420. The zero-order valence-corrected chi connectivity index (χ0v) is 17.3. The van der Waals surface area contributed by atoms with Crippen LogP contribution in [-0.2, 0) is 4.79 Å². The second-order valence-corrected chi connectivity index (χ2v) is 8.27. The third-order valence-corrected chi connectivity index (χ3v) is 6.08. The van der Waals surface area contributed by atoms with Gasteiger partial charge in [0, 0.05) is 24.7 Å². The van der Waals surface area contributed by atoms with Crippen molar-refractivity contribution in [1.82, 2.24) is 20.1 Å². The summed E-state index contributed by atoms with van der Waals surface area (Å²) in [5.41, 5.74) is 0.415. The van der Waals surface area contributed by atoms with Crippen LogP contribution < -0.4 is 15.0 Å². The predicted molar refractivity (Wildman–Crippen MR) is 111 cm³/mol. The third-order valence-electron chi connectivity index (χ3n) is 5.13. The van der Waals surface area contributed by atoms with E-state index >= 15 is 0 Å². The highest BCUT2D eigenvalue weighted by atomic mass is 32.2. The topological polar surface area (TPSA) is 89.3 Å². The molecular formula is C20H25N5O3S. The molecule has 4 rings (SSSR count). The van der Waals surface area contributed by atoms with E-state index in [1.165, 1.54) is 31.0 Å². The molecule has 1 saturated carbocycles. The molecule has 0 unspecified atom stereocenters. The van der Waals surface area contributed by atoms with Crippen molar-refractivity contribution in [2.45, 2.75) is 43.3 Å². The van der Waals surface area contributed by atoms with Crippen molar-refractivity contribution < 1.29 is 14.3 Å². The summed E-state index contributed by atoms with van der Waals surface area (Å²) in [6.45, 7) is 2.01. The number of thioether (sulfide) groups is 1. The lowest BCUT2D eigenvalue weighted by Crippen LogP contribution is -2.32. The Labute approximate surface area is 174 Å². The van der Waals surface area contributed by atoms with Crippen LogP contribution >= 0.6 is 11.8 Å². The zero-order chi connectivity index (χ0) is 20.2. The van der Waals surface area contributed by atoms with Crippen molar-refractivity contribution in [1.29, 1.82) is 0 Å². The fourth-order valence-corrected chi connectivity index (χ4v) is 4.24. The lowest BCUT2D eigenvalue weighted by molar-refractivity contribution is -0.117. The van der Waals surface area contributed by atoms with Crippen molar-refractivity contribution in [3.63, 3.8) is 0 Å². The molecule has 2 aromatic rings. The summed E-state index contributed by atoms with van der Waals surface area (Å²) in [5.74, 6) is 0.931. The maximum absolute atomic E-state index is 12.3. The van der Waals surface area contributed by atoms with Crippen LogP contribution in [0.25, 0.3) is 0 Å². The van der Waals surface area contributed by atoms with Crippen LogP contribution in [0.5, 0.6) is 5.75 Å². The maximum Gasteiger partial charge on any atom is 0.257 e. The summed E-state index contributed by atoms with van der Waals surface area (Å²) in [6.07, 6.45) is 5.85. The molecule has 2 fully saturated rings. The number of carbonyl (C=O) groups excluding carboxylic acids is 2. The summed E-state index contributed by atoms with van der Waals surface area (Å²) in [5, 5.41) is 11.9. The number of piperidine rings is 1. The van der Waals surface area contributed by atoms with Crippen LogP contribution in [0.15, 0.2) is 29.4 Å². The second-order valence-electron chi connectivity index (χ2n) is 7.33. The molecule has 2 aliphatic rings. The summed E-state index contributed by atoms with van der Waals surface area (Å²) >= 11 is 1.33. The lowest BCUT2D eigenvalue weighted by Gasteiger charge is -2.27. The van der Waals surface area contributed by atoms with Gasteiger partial charge in [0.15, 0.2) is 5.16 Å². The molecule has 9 heteroatoms. The Bertz CT molecular complexity index is 873. The average Bonchev–Trinajstić information content (AvgIpc) is 3.51. The molecule has 0 bridgehead atoms. The molecule has 1 aliphatic carbocycles. The number of nitrogens with zero attached hydrogens (tertiary/aromatic N) is 4. The summed E-state index contributed by atoms with van der Waals surface area (Å²) in [4.78, 5) is 26.8. The van der Waals surface area contributed by atoms with E-state index in [9.17, 15) is 9.59 Å². The van der Waals surface area contributed by atoms with E-state index in [4.69, 9.17) is 4.74 Å². The molecule has 154 valence electrons. The van der Waals surface area contributed by atoms with Gasteiger partial charge in [0.05, 0.1) is 12.9 Å². The zero-order valence-electron chi connectivity index (χ0n) is 16.5. The highest BCUT2D eigenvalue weighted by Gasteiger charge is 2.32. The first-order chi connectivity index (χ1) is 14.2. The molecule has 1 aromatic carbocycles. The number of rotatable bonds is 7. The van der Waals surface area contributed by atoms with Crippen LogP contribution in [0.2, 0.25) is 0 Å². The van der Waals surface area contributed by atoms with E-state index in [-0.39, 0.29) is 11.7 Å². The molecule has 8 nitrogen and oxygen atoms in total. The standard InChI is InChI=1S/C20H25N5O3S/c1-28-16-9-5-14(6-10-16)18(27)21-17(26)13-29-20-23-22-19(25(20)15-7-8-15)24-11-3-2-4-12-24/h5-6,9-10,15H,2-4,7-8,11-13H2,1H3,(H,21,26,27). The molecule has 2 heterocycles. The van der Waals surface area contributed by atoms with Crippen LogP contribution in [0.3, 0.4) is 0 Å². The summed E-state index contributed by atoms with van der Waals surface area (Å²) in [6, 6.07) is 7.06. The predicted octanol–water partition coefficient (Wildman–Crippen LogP) is 2.66. The Hall–Kier alpha value is -2.55. The van der Waals surface area contributed by atoms with Crippen molar-refractivity contribution in [2.75, 3.05) is 30.9 Å². The number of anilines is 1. The number of carbonyl (C=O) groups is 2. The van der Waals surface area contributed by atoms with E-state index in [1.807, 2.05) is 0 Å². The Morgan fingerprint density at radius 1 is 1.14 bits per heavy atom. The number of imide groups is 1. The van der Waals surface area contributed by atoms with Gasteiger partial charge in [0.2, 0.25) is 11.9 Å². The van der Waals surface area contributed by atoms with Crippen LogP contribution in [0.4, 0.5) is 5.95 Å². The van der Waals surface area contributed by atoms with Crippen molar-refractivity contribution in [3.8, 4) is 5.75 Å². The molecule has 1 aliphatic heterocycles. The maximum atomic E-state index is 12.3. The van der Waals surface area contributed by atoms with Crippen molar-refractivity contribution in [2.24, 2.45) is 0 Å². The Balaban J connectivity index is 1.36. The minimum Gasteiger partial charge on any atom is -0.497 e. The normalized spacial score (nSPS) is 16.5. The number of ether oxygens (including phenoxy) is 1. The van der Waals surface area contributed by atoms with Crippen molar-refractivity contribution >= 4 is 29.5 Å². The van der Waals surface area contributed by atoms with E-state index in [1.54, 1.807) is 31.4 Å². The van der Waals surface area contributed by atoms with E-state index in [0.717, 1.165) is 37.0 Å². The third kappa shape index (κ3) is 4.72. The van der Waals surface area contributed by atoms with E-state index in [2.05, 4.69) is 25.0 Å². The number of benzene rings is 1. The van der Waals surface area contributed by atoms with Gasteiger partial charge >= 0.3 is 0 Å². The van der Waals surface area contributed by atoms with Gasteiger partial charge in [-0.05, 0) is 56.4 Å². The van der Waals surface area contributed by atoms with Crippen LogP contribution in [0.1, 0.15) is 48.5 Å². The first-order valence-corrected chi connectivity index (χ1v) is 10.9. The van der Waals surface area contributed by atoms with Gasteiger partial charge in [0.1, 0.15) is 5.75 Å². The molecule has 1 aromatic heterocycles. The van der Waals surface area contributed by atoms with Gasteiger partial charge < -0.3 is 9.64 Å². The molecule has 0 radical (unpaired) electrons. The van der Waals surface area contributed by atoms with Gasteiger partial charge in [0.25, 0.3) is 5.91 Å². The molecule has 1 saturated heterocycles. The monoisotopic (exact) mass is 415 g/mol. The Kier molecular flexibility index (Phi) is 6.03. The Morgan fingerprint density at radius 2 is 1.86 bits per heavy atom. The van der Waals surface area contributed by atoms with Crippen molar-refractivity contribution in [3.05, 3.63) is 29.8 Å².